The van der Waals surface area contributed by atoms with Crippen molar-refractivity contribution in [2.75, 3.05) is 12.9 Å². The van der Waals surface area contributed by atoms with Crippen LogP contribution in [-0.2, 0) is 11.2 Å². The zero-order valence-corrected chi connectivity index (χ0v) is 15.5. The first kappa shape index (κ1) is 19.5. The molecule has 0 aliphatic heterocycles. The van der Waals surface area contributed by atoms with E-state index < -0.39 is 0 Å². The van der Waals surface area contributed by atoms with Crippen LogP contribution in [-0.4, -0.2) is 40.1 Å². The van der Waals surface area contributed by atoms with Crippen LogP contribution in [0.4, 0.5) is 0 Å². The van der Waals surface area contributed by atoms with Crippen LogP contribution in [0.1, 0.15) is 23.7 Å². The molecule has 1 heterocycles. The Morgan fingerprint density at radius 1 is 1.50 bits per heavy atom. The van der Waals surface area contributed by atoms with E-state index in [4.69, 9.17) is 4.74 Å². The number of benzene rings is 1. The number of hydrogen-bond acceptors (Lipinski definition) is 7. The first-order valence-electron chi connectivity index (χ1n) is 7.86. The first-order chi connectivity index (χ1) is 12.5. The Labute approximate surface area is 154 Å². The number of phenols is 1. The molecule has 0 saturated carbocycles. The summed E-state index contributed by atoms with van der Waals surface area (Å²) in [5, 5.41) is 14.1. The predicted octanol–water partition coefficient (Wildman–Crippen LogP) is 1.60. The van der Waals surface area contributed by atoms with Crippen molar-refractivity contribution in [3.8, 4) is 11.5 Å². The number of hydrazone groups is 1. The molecular weight excluding hydrogens is 356 g/mol. The molecule has 0 fully saturated rings. The van der Waals surface area contributed by atoms with Crippen LogP contribution in [0.5, 0.6) is 11.5 Å². The number of para-hydroxylation sites is 1. The fraction of sp³-hybridized carbons (Fsp3) is 0.294. The van der Waals surface area contributed by atoms with Crippen molar-refractivity contribution in [2.24, 2.45) is 5.10 Å². The molecule has 0 spiro atoms. The van der Waals surface area contributed by atoms with E-state index in [2.05, 4.69) is 20.5 Å². The van der Waals surface area contributed by atoms with Gasteiger partial charge in [-0.05, 0) is 25.5 Å². The molecule has 0 atom stereocenters. The van der Waals surface area contributed by atoms with Gasteiger partial charge < -0.3 is 14.8 Å². The summed E-state index contributed by atoms with van der Waals surface area (Å²) >= 11 is 1.11. The van der Waals surface area contributed by atoms with E-state index >= 15 is 0 Å². The Kier molecular flexibility index (Phi) is 6.79. The summed E-state index contributed by atoms with van der Waals surface area (Å²) in [5.41, 5.74) is 3.88. The van der Waals surface area contributed by atoms with Crippen molar-refractivity contribution >= 4 is 23.9 Å². The number of methoxy groups -OCH3 is 1. The van der Waals surface area contributed by atoms with Crippen molar-refractivity contribution in [1.29, 1.82) is 0 Å². The molecule has 0 radical (unpaired) electrons. The molecule has 1 amide bonds. The lowest BCUT2D eigenvalue weighted by Crippen LogP contribution is -2.21. The van der Waals surface area contributed by atoms with Gasteiger partial charge in [-0.1, -0.05) is 24.8 Å². The maximum atomic E-state index is 11.9. The van der Waals surface area contributed by atoms with Gasteiger partial charge in [-0.15, -0.1) is 0 Å². The zero-order valence-electron chi connectivity index (χ0n) is 14.7. The van der Waals surface area contributed by atoms with Crippen molar-refractivity contribution in [1.82, 2.24) is 15.4 Å². The molecule has 0 saturated heterocycles. The quantitative estimate of drug-likeness (QED) is 0.292. The number of thioether (sulfide) groups is 1. The van der Waals surface area contributed by atoms with Gasteiger partial charge in [0, 0.05) is 16.8 Å². The van der Waals surface area contributed by atoms with Crippen LogP contribution in [0.25, 0.3) is 0 Å². The highest BCUT2D eigenvalue weighted by atomic mass is 32.2. The van der Waals surface area contributed by atoms with Crippen LogP contribution < -0.4 is 15.7 Å². The molecule has 0 aliphatic carbocycles. The number of aromatic hydroxyl groups is 1. The number of rotatable bonds is 7. The van der Waals surface area contributed by atoms with Crippen molar-refractivity contribution in [3.05, 3.63) is 45.4 Å². The third-order valence-corrected chi connectivity index (χ3v) is 4.41. The summed E-state index contributed by atoms with van der Waals surface area (Å²) in [6, 6.07) is 4.94. The van der Waals surface area contributed by atoms with Crippen molar-refractivity contribution in [3.63, 3.8) is 0 Å². The van der Waals surface area contributed by atoms with Crippen molar-refractivity contribution in [2.45, 2.75) is 25.4 Å². The van der Waals surface area contributed by atoms with Crippen molar-refractivity contribution < 1.29 is 14.6 Å². The number of hydrogen-bond donors (Lipinski definition) is 3. The lowest BCUT2D eigenvalue weighted by atomic mass is 10.2. The number of H-pyrrole nitrogens is 1. The smallest absolute Gasteiger partial charge is 0.254 e. The second-order valence-corrected chi connectivity index (χ2v) is 6.23. The van der Waals surface area contributed by atoms with E-state index in [0.717, 1.165) is 11.8 Å². The highest BCUT2D eigenvalue weighted by Gasteiger charge is 2.09. The molecular formula is C17H20N4O4S. The summed E-state index contributed by atoms with van der Waals surface area (Å²) in [5.74, 6) is -0.0733. The average Bonchev–Trinajstić information content (AvgIpc) is 2.61. The summed E-state index contributed by atoms with van der Waals surface area (Å²) < 4.78 is 5.00. The van der Waals surface area contributed by atoms with Crippen LogP contribution in [0.15, 0.2) is 33.3 Å². The number of carbonyl (C=O) groups excluding carboxylic acids is 1. The number of nitrogens with one attached hydrogen (secondary N) is 2. The highest BCUT2D eigenvalue weighted by Crippen LogP contribution is 2.27. The SMILES string of the molecule is CCc1c(C)nc(SCC(=O)NN=Cc2cccc(OC)c2O)[nH]c1=O. The number of nitrogens with zero attached hydrogens (tertiary/aromatic N) is 2. The second-order valence-electron chi connectivity index (χ2n) is 5.27. The topological polar surface area (TPSA) is 117 Å². The molecule has 3 N–H and O–H groups in total. The van der Waals surface area contributed by atoms with Gasteiger partial charge in [0.2, 0.25) is 0 Å². The molecule has 138 valence electrons. The Balaban J connectivity index is 1.93. The van der Waals surface area contributed by atoms with Gasteiger partial charge in [-0.3, -0.25) is 9.59 Å². The molecule has 0 unspecified atom stereocenters. The molecule has 26 heavy (non-hydrogen) atoms. The second kappa shape index (κ2) is 9.04. The molecule has 0 aliphatic rings. The number of aromatic amines is 1. The Hall–Kier alpha value is -2.81. The number of aromatic nitrogens is 2. The zero-order chi connectivity index (χ0) is 19.1. The van der Waals surface area contributed by atoms with Gasteiger partial charge in [0.25, 0.3) is 11.5 Å². The van der Waals surface area contributed by atoms with Crippen LogP contribution in [0.3, 0.4) is 0 Å². The lowest BCUT2D eigenvalue weighted by molar-refractivity contribution is -0.118. The van der Waals surface area contributed by atoms with Gasteiger partial charge in [-0.25, -0.2) is 10.4 Å². The number of carbonyl (C=O) groups is 1. The largest absolute Gasteiger partial charge is 0.504 e. The maximum absolute atomic E-state index is 11.9. The standard InChI is InChI=1S/C17H20N4O4S/c1-4-12-10(2)19-17(20-16(12)24)26-9-14(22)21-18-8-11-6-5-7-13(25-3)15(11)23/h5-8,23H,4,9H2,1-3H3,(H,21,22)(H,19,20,24). The number of phenolic OH excluding ortho intramolecular Hbond substituents is 1. The molecule has 2 rings (SSSR count). The van der Waals surface area contributed by atoms with Gasteiger partial charge in [0.05, 0.1) is 19.1 Å². The Morgan fingerprint density at radius 2 is 2.27 bits per heavy atom. The van der Waals surface area contributed by atoms with Gasteiger partial charge >= 0.3 is 0 Å². The average molecular weight is 376 g/mol. The number of ether oxygens (including phenoxy) is 1. The van der Waals surface area contributed by atoms with Crippen LogP contribution in [0.2, 0.25) is 0 Å². The molecule has 9 heteroatoms. The lowest BCUT2D eigenvalue weighted by Gasteiger charge is -2.05. The van der Waals surface area contributed by atoms with E-state index in [1.165, 1.54) is 13.3 Å². The molecule has 1 aromatic carbocycles. The summed E-state index contributed by atoms with van der Waals surface area (Å²) in [6.45, 7) is 3.65. The monoisotopic (exact) mass is 376 g/mol. The molecule has 8 nitrogen and oxygen atoms in total. The normalized spacial score (nSPS) is 10.9. The highest BCUT2D eigenvalue weighted by molar-refractivity contribution is 7.99. The van der Waals surface area contributed by atoms with Gasteiger partial charge in [0.15, 0.2) is 16.7 Å². The minimum absolute atomic E-state index is 0.0370. The van der Waals surface area contributed by atoms with Gasteiger partial charge in [0.1, 0.15) is 0 Å². The minimum Gasteiger partial charge on any atom is -0.504 e. The van der Waals surface area contributed by atoms with E-state index in [0.29, 0.717) is 34.1 Å². The van der Waals surface area contributed by atoms with E-state index in [9.17, 15) is 14.7 Å². The molecule has 1 aromatic heterocycles. The Bertz CT molecular complexity index is 880. The third-order valence-electron chi connectivity index (χ3n) is 3.54. The summed E-state index contributed by atoms with van der Waals surface area (Å²) in [6.07, 6.45) is 1.92. The Morgan fingerprint density at radius 3 is 2.92 bits per heavy atom. The predicted molar refractivity (Wildman–Crippen MR) is 100 cm³/mol. The van der Waals surface area contributed by atoms with Crippen LogP contribution in [0, 0.1) is 6.92 Å². The number of aryl methyl sites for hydroxylation is 1. The van der Waals surface area contributed by atoms with Crippen LogP contribution >= 0.6 is 11.8 Å². The fourth-order valence-corrected chi connectivity index (χ4v) is 2.92. The molecule has 0 bridgehead atoms. The van der Waals surface area contributed by atoms with E-state index in [1.807, 2.05) is 6.92 Å². The summed E-state index contributed by atoms with van der Waals surface area (Å²) in [4.78, 5) is 30.7. The minimum atomic E-state index is -0.367. The number of amides is 1. The van der Waals surface area contributed by atoms with E-state index in [-0.39, 0.29) is 23.0 Å². The summed E-state index contributed by atoms with van der Waals surface area (Å²) in [7, 11) is 1.45. The van der Waals surface area contributed by atoms with E-state index in [1.54, 1.807) is 25.1 Å². The maximum Gasteiger partial charge on any atom is 0.254 e. The molecule has 2 aromatic rings. The van der Waals surface area contributed by atoms with Gasteiger partial charge in [-0.2, -0.15) is 5.10 Å². The fourth-order valence-electron chi connectivity index (χ4n) is 2.22. The third kappa shape index (κ3) is 4.85. The first-order valence-corrected chi connectivity index (χ1v) is 8.85.